The van der Waals surface area contributed by atoms with Gasteiger partial charge in [0.05, 0.1) is 23.9 Å². The van der Waals surface area contributed by atoms with Gasteiger partial charge in [-0.15, -0.1) is 0 Å². The Balaban J connectivity index is 3.32. The number of hydrogen-bond donors (Lipinski definition) is 0. The number of benzene rings is 1. The number of hydrogen-bond acceptors (Lipinski definition) is 5. The molecule has 0 amide bonds. The normalized spacial score (nSPS) is 13.0. The monoisotopic (exact) mass is 328 g/mol. The van der Waals surface area contributed by atoms with Crippen LogP contribution in [0.2, 0.25) is 0 Å². The quantitative estimate of drug-likeness (QED) is 0.736. The molecule has 22 heavy (non-hydrogen) atoms. The van der Waals surface area contributed by atoms with Gasteiger partial charge in [0.25, 0.3) is 5.52 Å². The number of carbonyl (C=O) groups excluding carboxylic acids is 1. The Morgan fingerprint density at radius 2 is 1.41 bits per heavy atom. The Hall–Kier alpha value is -1.16. The molecular weight excluding hydrogens is 303 g/mol. The van der Waals surface area contributed by atoms with Crippen LogP contribution in [0.25, 0.3) is 0 Å². The van der Waals surface area contributed by atoms with E-state index in [1.165, 1.54) is 7.11 Å². The molecule has 0 aromatic heterocycles. The fraction of sp³-hybridized carbons (Fsp3) is 0.562. The van der Waals surface area contributed by atoms with Crippen molar-refractivity contribution in [3.63, 3.8) is 0 Å². The Bertz CT molecular complexity index is 561. The van der Waals surface area contributed by atoms with E-state index in [-0.39, 0.29) is 5.56 Å². The van der Waals surface area contributed by atoms with Crippen molar-refractivity contribution in [2.24, 2.45) is 0 Å². The van der Waals surface area contributed by atoms with E-state index in [1.54, 1.807) is 65.8 Å². The summed E-state index contributed by atoms with van der Waals surface area (Å²) in [4.78, 5) is 12.8. The zero-order valence-electron chi connectivity index (χ0n) is 14.3. The summed E-state index contributed by atoms with van der Waals surface area (Å²) >= 11 is 0. The van der Waals surface area contributed by atoms with Crippen molar-refractivity contribution in [1.82, 2.24) is 0 Å². The maximum Gasteiger partial charge on any atom is 0.402 e. The Morgan fingerprint density at radius 3 is 1.82 bits per heavy atom. The van der Waals surface area contributed by atoms with Gasteiger partial charge in [0, 0.05) is 0 Å². The molecule has 0 aliphatic heterocycles. The lowest BCUT2D eigenvalue weighted by atomic mass is 10.2. The maximum atomic E-state index is 13.2. The van der Waals surface area contributed by atoms with Gasteiger partial charge in [-0.25, -0.2) is 0 Å². The lowest BCUT2D eigenvalue weighted by Crippen LogP contribution is -2.26. The van der Waals surface area contributed by atoms with Gasteiger partial charge in [-0.3, -0.25) is 18.4 Å². The molecular formula is C16H25O5P. The fourth-order valence-corrected chi connectivity index (χ4v) is 3.92. The number of rotatable bonds is 5. The van der Waals surface area contributed by atoms with Crippen molar-refractivity contribution < 1.29 is 23.1 Å². The highest BCUT2D eigenvalue weighted by Crippen LogP contribution is 2.57. The lowest BCUT2D eigenvalue weighted by Gasteiger charge is -2.31. The summed E-state index contributed by atoms with van der Waals surface area (Å²) in [6, 6.07) is 6.58. The lowest BCUT2D eigenvalue weighted by molar-refractivity contribution is 0.0447. The number of carbonyl (C=O) groups is 1. The van der Waals surface area contributed by atoms with Gasteiger partial charge in [0.15, 0.2) is 0 Å². The zero-order valence-corrected chi connectivity index (χ0v) is 15.2. The number of ether oxygens (including phenoxy) is 1. The topological polar surface area (TPSA) is 61.8 Å². The zero-order chi connectivity index (χ0) is 17.2. The minimum Gasteiger partial charge on any atom is -0.496 e. The van der Waals surface area contributed by atoms with Crippen LogP contribution in [0.5, 0.6) is 5.75 Å². The fourth-order valence-electron chi connectivity index (χ4n) is 1.79. The second kappa shape index (κ2) is 6.53. The van der Waals surface area contributed by atoms with Gasteiger partial charge in [-0.05, 0) is 53.7 Å². The largest absolute Gasteiger partial charge is 0.496 e. The highest BCUT2D eigenvalue weighted by Gasteiger charge is 2.43. The minimum absolute atomic E-state index is 0.182. The van der Waals surface area contributed by atoms with E-state index in [4.69, 9.17) is 13.8 Å². The van der Waals surface area contributed by atoms with Crippen molar-refractivity contribution in [3.8, 4) is 5.75 Å². The van der Waals surface area contributed by atoms with E-state index in [1.807, 2.05) is 0 Å². The summed E-state index contributed by atoms with van der Waals surface area (Å²) < 4.78 is 29.4. The van der Waals surface area contributed by atoms with Gasteiger partial charge < -0.3 is 4.74 Å². The molecule has 1 aromatic carbocycles. The first-order valence-corrected chi connectivity index (χ1v) is 8.62. The third kappa shape index (κ3) is 5.24. The van der Waals surface area contributed by atoms with Crippen LogP contribution in [0.15, 0.2) is 24.3 Å². The van der Waals surface area contributed by atoms with Crippen LogP contribution in [-0.2, 0) is 13.6 Å². The van der Waals surface area contributed by atoms with Crippen molar-refractivity contribution in [1.29, 1.82) is 0 Å². The highest BCUT2D eigenvalue weighted by molar-refractivity contribution is 7.72. The predicted molar refractivity (Wildman–Crippen MR) is 86.6 cm³/mol. The third-order valence-corrected chi connectivity index (χ3v) is 4.69. The summed E-state index contributed by atoms with van der Waals surface area (Å²) in [6.07, 6.45) is 0. The van der Waals surface area contributed by atoms with Crippen molar-refractivity contribution >= 4 is 13.1 Å². The molecule has 0 atom stereocenters. The van der Waals surface area contributed by atoms with Crippen LogP contribution >= 0.6 is 7.60 Å². The van der Waals surface area contributed by atoms with Crippen LogP contribution in [0.1, 0.15) is 51.9 Å². The molecule has 6 heteroatoms. The van der Waals surface area contributed by atoms with Gasteiger partial charge in [-0.1, -0.05) is 12.1 Å². The van der Waals surface area contributed by atoms with Crippen LogP contribution in [0, 0.1) is 0 Å². The second-order valence-corrected chi connectivity index (χ2v) is 8.68. The first-order chi connectivity index (χ1) is 9.88. The predicted octanol–water partition coefficient (Wildman–Crippen LogP) is 4.66. The van der Waals surface area contributed by atoms with Crippen LogP contribution in [0.3, 0.4) is 0 Å². The molecule has 0 aliphatic rings. The average Bonchev–Trinajstić information content (AvgIpc) is 2.33. The first-order valence-electron chi connectivity index (χ1n) is 7.07. The number of methoxy groups -OCH3 is 1. The SMILES string of the molecule is COc1ccccc1C(=O)P(=O)(OC(C)(C)C)OC(C)(C)C. The standard InChI is InChI=1S/C16H25O5P/c1-15(2,3)20-22(18,21-16(4,5)6)14(17)12-10-8-9-11-13(12)19-7/h8-11H,1-7H3. The molecule has 0 spiro atoms. The molecule has 0 heterocycles. The van der Waals surface area contributed by atoms with Gasteiger partial charge in [0.2, 0.25) is 0 Å². The van der Waals surface area contributed by atoms with Crippen molar-refractivity contribution in [2.75, 3.05) is 7.11 Å². The molecule has 0 saturated heterocycles. The summed E-state index contributed by atoms with van der Waals surface area (Å²) in [5.41, 5.74) is -2.10. The summed E-state index contributed by atoms with van der Waals surface area (Å²) in [6.45, 7) is 10.3. The molecule has 1 aromatic rings. The molecule has 0 aliphatic carbocycles. The number of para-hydroxylation sites is 1. The third-order valence-electron chi connectivity index (χ3n) is 2.37. The van der Waals surface area contributed by atoms with E-state index in [0.717, 1.165) is 0 Å². The van der Waals surface area contributed by atoms with E-state index in [9.17, 15) is 9.36 Å². The molecule has 0 N–H and O–H groups in total. The Labute approximate surface area is 132 Å². The van der Waals surface area contributed by atoms with E-state index in [0.29, 0.717) is 5.75 Å². The molecule has 0 fully saturated rings. The molecule has 124 valence electrons. The van der Waals surface area contributed by atoms with Gasteiger partial charge in [0.1, 0.15) is 5.75 Å². The van der Waals surface area contributed by atoms with Crippen LogP contribution < -0.4 is 4.74 Å². The minimum atomic E-state index is -4.03. The smallest absolute Gasteiger partial charge is 0.402 e. The Morgan fingerprint density at radius 1 is 0.955 bits per heavy atom. The molecule has 0 radical (unpaired) electrons. The molecule has 5 nitrogen and oxygen atoms in total. The van der Waals surface area contributed by atoms with Crippen LogP contribution in [-0.4, -0.2) is 23.8 Å². The van der Waals surface area contributed by atoms with Crippen molar-refractivity contribution in [3.05, 3.63) is 29.8 Å². The average molecular weight is 328 g/mol. The van der Waals surface area contributed by atoms with E-state index < -0.39 is 24.3 Å². The summed E-state index contributed by atoms with van der Waals surface area (Å²) in [5, 5.41) is 0. The van der Waals surface area contributed by atoms with E-state index >= 15 is 0 Å². The molecule has 0 bridgehead atoms. The highest BCUT2D eigenvalue weighted by atomic mass is 31.2. The summed E-state index contributed by atoms with van der Waals surface area (Å²) in [5.74, 6) is 0.336. The summed E-state index contributed by atoms with van der Waals surface area (Å²) in [7, 11) is -2.58. The Kier molecular flexibility index (Phi) is 5.61. The molecule has 0 saturated carbocycles. The van der Waals surface area contributed by atoms with Crippen molar-refractivity contribution in [2.45, 2.75) is 52.7 Å². The molecule has 1 rings (SSSR count). The van der Waals surface area contributed by atoms with Gasteiger partial charge in [-0.2, -0.15) is 0 Å². The molecule has 0 unspecified atom stereocenters. The first kappa shape index (κ1) is 18.9. The maximum absolute atomic E-state index is 13.2. The second-order valence-electron chi connectivity index (χ2n) is 6.91. The van der Waals surface area contributed by atoms with Gasteiger partial charge >= 0.3 is 7.60 Å². The van der Waals surface area contributed by atoms with E-state index in [2.05, 4.69) is 0 Å². The van der Waals surface area contributed by atoms with Crippen LogP contribution in [0.4, 0.5) is 0 Å².